The standard InChI is InChI=1S/C10H12ClNO3/c1-5-3-6(11)4-7(9(5)13)8(12)10(14)15-2/h3-4,8,13H,12H2,1-2H3/t8-/m1/s1. The van der Waals surface area contributed by atoms with E-state index in [4.69, 9.17) is 17.3 Å². The van der Waals surface area contributed by atoms with Crippen LogP contribution in [-0.4, -0.2) is 18.2 Å². The van der Waals surface area contributed by atoms with Crippen LogP contribution in [0.2, 0.25) is 5.02 Å². The number of benzene rings is 1. The molecule has 0 unspecified atom stereocenters. The molecule has 1 atom stereocenters. The molecule has 0 saturated heterocycles. The number of phenolic OH excluding ortho intramolecular Hbond substituents is 1. The zero-order chi connectivity index (χ0) is 11.6. The first kappa shape index (κ1) is 11.8. The summed E-state index contributed by atoms with van der Waals surface area (Å²) in [6.45, 7) is 1.68. The number of halogens is 1. The van der Waals surface area contributed by atoms with E-state index < -0.39 is 12.0 Å². The van der Waals surface area contributed by atoms with Gasteiger partial charge in [-0.2, -0.15) is 0 Å². The van der Waals surface area contributed by atoms with Gasteiger partial charge in [0.1, 0.15) is 11.8 Å². The number of carbonyl (C=O) groups is 1. The number of rotatable bonds is 2. The second kappa shape index (κ2) is 4.51. The van der Waals surface area contributed by atoms with E-state index in [1.165, 1.54) is 13.2 Å². The highest BCUT2D eigenvalue weighted by Crippen LogP contribution is 2.30. The molecule has 0 aliphatic rings. The van der Waals surface area contributed by atoms with Crippen LogP contribution in [0.5, 0.6) is 5.75 Å². The van der Waals surface area contributed by atoms with Gasteiger partial charge in [-0.15, -0.1) is 0 Å². The Balaban J connectivity index is 3.19. The SMILES string of the molecule is COC(=O)[C@H](N)c1cc(Cl)cc(C)c1O. The van der Waals surface area contributed by atoms with Crippen LogP contribution in [0.1, 0.15) is 17.2 Å². The average molecular weight is 230 g/mol. The molecule has 1 aromatic rings. The number of hydrogen-bond acceptors (Lipinski definition) is 4. The molecule has 0 fully saturated rings. The minimum absolute atomic E-state index is 0.0303. The van der Waals surface area contributed by atoms with Gasteiger partial charge in [0.15, 0.2) is 0 Å². The monoisotopic (exact) mass is 229 g/mol. The lowest BCUT2D eigenvalue weighted by molar-refractivity contribution is -0.142. The van der Waals surface area contributed by atoms with E-state index in [9.17, 15) is 9.90 Å². The maximum absolute atomic E-state index is 11.2. The van der Waals surface area contributed by atoms with Crippen molar-refractivity contribution in [3.63, 3.8) is 0 Å². The zero-order valence-electron chi connectivity index (χ0n) is 8.45. The second-order valence-corrected chi connectivity index (χ2v) is 3.60. The van der Waals surface area contributed by atoms with Gasteiger partial charge >= 0.3 is 5.97 Å². The topological polar surface area (TPSA) is 72.5 Å². The Bertz CT molecular complexity index is 392. The molecule has 15 heavy (non-hydrogen) atoms. The molecule has 3 N–H and O–H groups in total. The summed E-state index contributed by atoms with van der Waals surface area (Å²) < 4.78 is 4.48. The minimum Gasteiger partial charge on any atom is -0.507 e. The summed E-state index contributed by atoms with van der Waals surface area (Å²) in [6, 6.07) is 2.02. The summed E-state index contributed by atoms with van der Waals surface area (Å²) >= 11 is 5.80. The number of carbonyl (C=O) groups excluding carboxylic acids is 1. The van der Waals surface area contributed by atoms with Gasteiger partial charge in [0.2, 0.25) is 0 Å². The highest BCUT2D eigenvalue weighted by Gasteiger charge is 2.21. The lowest BCUT2D eigenvalue weighted by Gasteiger charge is -2.13. The van der Waals surface area contributed by atoms with Crippen molar-refractivity contribution in [3.05, 3.63) is 28.3 Å². The van der Waals surface area contributed by atoms with Crippen LogP contribution in [0.25, 0.3) is 0 Å². The third-order valence-corrected chi connectivity index (χ3v) is 2.30. The van der Waals surface area contributed by atoms with E-state index in [2.05, 4.69) is 4.74 Å². The van der Waals surface area contributed by atoms with E-state index in [0.717, 1.165) is 0 Å². The number of nitrogens with two attached hydrogens (primary N) is 1. The number of phenols is 1. The molecule has 0 amide bonds. The van der Waals surface area contributed by atoms with Crippen molar-refractivity contribution in [1.82, 2.24) is 0 Å². The molecule has 1 aromatic carbocycles. The molecule has 0 radical (unpaired) electrons. The van der Waals surface area contributed by atoms with Gasteiger partial charge in [0.25, 0.3) is 0 Å². The Labute approximate surface area is 92.6 Å². The summed E-state index contributed by atoms with van der Waals surface area (Å²) in [5, 5.41) is 10.1. The second-order valence-electron chi connectivity index (χ2n) is 3.16. The highest BCUT2D eigenvalue weighted by atomic mass is 35.5. The fourth-order valence-electron chi connectivity index (χ4n) is 1.25. The fourth-order valence-corrected chi connectivity index (χ4v) is 1.53. The van der Waals surface area contributed by atoms with E-state index >= 15 is 0 Å². The number of methoxy groups -OCH3 is 1. The molecule has 0 bridgehead atoms. The molecule has 0 heterocycles. The van der Waals surface area contributed by atoms with E-state index in [-0.39, 0.29) is 11.3 Å². The van der Waals surface area contributed by atoms with Crippen LogP contribution < -0.4 is 5.73 Å². The number of hydrogen-bond donors (Lipinski definition) is 2. The predicted octanol–water partition coefficient (Wildman–Crippen LogP) is 1.53. The highest BCUT2D eigenvalue weighted by molar-refractivity contribution is 6.30. The largest absolute Gasteiger partial charge is 0.507 e. The van der Waals surface area contributed by atoms with E-state index in [0.29, 0.717) is 10.6 Å². The molecule has 0 aliphatic carbocycles. The van der Waals surface area contributed by atoms with Gasteiger partial charge in [0.05, 0.1) is 7.11 Å². The summed E-state index contributed by atoms with van der Waals surface area (Å²) in [6.07, 6.45) is 0. The Morgan fingerprint density at radius 2 is 2.20 bits per heavy atom. The van der Waals surface area contributed by atoms with Gasteiger partial charge in [-0.3, -0.25) is 4.79 Å². The first-order chi connectivity index (χ1) is 6.97. The predicted molar refractivity (Wildman–Crippen MR) is 56.8 cm³/mol. The molecule has 4 nitrogen and oxygen atoms in total. The lowest BCUT2D eigenvalue weighted by atomic mass is 10.0. The molecule has 82 valence electrons. The first-order valence-corrected chi connectivity index (χ1v) is 4.67. The molecule has 5 heteroatoms. The quantitative estimate of drug-likeness (QED) is 0.755. The van der Waals surface area contributed by atoms with Crippen LogP contribution >= 0.6 is 11.6 Å². The van der Waals surface area contributed by atoms with Crippen molar-refractivity contribution in [3.8, 4) is 5.75 Å². The van der Waals surface area contributed by atoms with Crippen molar-refractivity contribution in [1.29, 1.82) is 0 Å². The molecule has 0 aromatic heterocycles. The van der Waals surface area contributed by atoms with Crippen LogP contribution in [0, 0.1) is 6.92 Å². The number of ether oxygens (including phenoxy) is 1. The lowest BCUT2D eigenvalue weighted by Crippen LogP contribution is -2.22. The van der Waals surface area contributed by atoms with Crippen molar-refractivity contribution >= 4 is 17.6 Å². The Hall–Kier alpha value is -1.26. The molecule has 0 spiro atoms. The maximum Gasteiger partial charge on any atom is 0.327 e. The molecular formula is C10H12ClNO3. The Kier molecular flexibility index (Phi) is 3.55. The first-order valence-electron chi connectivity index (χ1n) is 4.29. The third-order valence-electron chi connectivity index (χ3n) is 2.08. The number of esters is 1. The average Bonchev–Trinajstić information content (AvgIpc) is 2.21. The zero-order valence-corrected chi connectivity index (χ0v) is 9.21. The Morgan fingerprint density at radius 3 is 2.73 bits per heavy atom. The molecule has 0 saturated carbocycles. The third kappa shape index (κ3) is 2.40. The van der Waals surface area contributed by atoms with Crippen LogP contribution in [0.15, 0.2) is 12.1 Å². The maximum atomic E-state index is 11.2. The van der Waals surface area contributed by atoms with Crippen molar-refractivity contribution in [2.75, 3.05) is 7.11 Å². The van der Waals surface area contributed by atoms with Crippen LogP contribution in [0.3, 0.4) is 0 Å². The van der Waals surface area contributed by atoms with Gasteiger partial charge in [-0.25, -0.2) is 0 Å². The fraction of sp³-hybridized carbons (Fsp3) is 0.300. The van der Waals surface area contributed by atoms with Gasteiger partial charge in [-0.05, 0) is 24.6 Å². The molecule has 0 aliphatic heterocycles. The molecule has 1 rings (SSSR count). The summed E-state index contributed by atoms with van der Waals surface area (Å²) in [5.41, 5.74) is 6.43. The summed E-state index contributed by atoms with van der Waals surface area (Å²) in [4.78, 5) is 11.2. The van der Waals surface area contributed by atoms with Gasteiger partial charge < -0.3 is 15.6 Å². The number of aromatic hydroxyl groups is 1. The normalized spacial score (nSPS) is 12.3. The Morgan fingerprint density at radius 1 is 1.60 bits per heavy atom. The van der Waals surface area contributed by atoms with Gasteiger partial charge in [-0.1, -0.05) is 11.6 Å². The summed E-state index contributed by atoms with van der Waals surface area (Å²) in [7, 11) is 1.23. The smallest absolute Gasteiger partial charge is 0.327 e. The van der Waals surface area contributed by atoms with Crippen LogP contribution in [-0.2, 0) is 9.53 Å². The molecular weight excluding hydrogens is 218 g/mol. The van der Waals surface area contributed by atoms with Gasteiger partial charge in [0, 0.05) is 10.6 Å². The number of aryl methyl sites for hydroxylation is 1. The van der Waals surface area contributed by atoms with E-state index in [1.54, 1.807) is 13.0 Å². The van der Waals surface area contributed by atoms with Crippen molar-refractivity contribution in [2.24, 2.45) is 5.73 Å². The van der Waals surface area contributed by atoms with Crippen molar-refractivity contribution < 1.29 is 14.6 Å². The van der Waals surface area contributed by atoms with Crippen molar-refractivity contribution in [2.45, 2.75) is 13.0 Å². The van der Waals surface area contributed by atoms with E-state index in [1.807, 2.05) is 0 Å². The van der Waals surface area contributed by atoms with Crippen LogP contribution in [0.4, 0.5) is 0 Å². The minimum atomic E-state index is -1.02. The summed E-state index contributed by atoms with van der Waals surface area (Å²) in [5.74, 6) is -0.649.